The summed E-state index contributed by atoms with van der Waals surface area (Å²) >= 11 is 1.57. The van der Waals surface area contributed by atoms with E-state index in [-0.39, 0.29) is 5.82 Å². The van der Waals surface area contributed by atoms with E-state index in [0.29, 0.717) is 23.4 Å². The van der Waals surface area contributed by atoms with Gasteiger partial charge in [0.25, 0.3) is 0 Å². The van der Waals surface area contributed by atoms with Crippen molar-refractivity contribution in [1.82, 2.24) is 15.5 Å². The normalized spacial score (nSPS) is 18.6. The minimum Gasteiger partial charge on any atom is -0.339 e. The minimum atomic E-state index is -0.221. The Morgan fingerprint density at radius 1 is 1.35 bits per heavy atom. The van der Waals surface area contributed by atoms with Crippen molar-refractivity contribution in [2.45, 2.75) is 23.5 Å². The zero-order valence-electron chi connectivity index (χ0n) is 11.0. The zero-order valence-corrected chi connectivity index (χ0v) is 11.8. The molecule has 0 saturated carbocycles. The van der Waals surface area contributed by atoms with Gasteiger partial charge in [-0.2, -0.15) is 4.98 Å². The first-order valence-corrected chi connectivity index (χ1v) is 7.69. The number of hydrogen-bond donors (Lipinski definition) is 1. The van der Waals surface area contributed by atoms with Gasteiger partial charge in [0, 0.05) is 11.3 Å². The van der Waals surface area contributed by atoms with Crippen LogP contribution in [0.15, 0.2) is 33.7 Å². The predicted molar refractivity (Wildman–Crippen MR) is 74.9 cm³/mol. The monoisotopic (exact) mass is 293 g/mol. The Labute approximate surface area is 121 Å². The highest BCUT2D eigenvalue weighted by molar-refractivity contribution is 7.98. The van der Waals surface area contributed by atoms with Crippen LogP contribution >= 0.6 is 11.8 Å². The summed E-state index contributed by atoms with van der Waals surface area (Å²) in [5, 5.41) is 7.32. The molecular formula is C14H16FN3OS. The van der Waals surface area contributed by atoms with E-state index in [0.717, 1.165) is 24.4 Å². The van der Waals surface area contributed by atoms with Crippen LogP contribution in [0.3, 0.4) is 0 Å². The third-order valence-corrected chi connectivity index (χ3v) is 4.33. The first kappa shape index (κ1) is 13.6. The number of benzene rings is 1. The summed E-state index contributed by atoms with van der Waals surface area (Å²) in [6.07, 6.45) is 2.02. The van der Waals surface area contributed by atoms with E-state index < -0.39 is 0 Å². The largest absolute Gasteiger partial charge is 0.339 e. The average Bonchev–Trinajstić information content (AvgIpc) is 3.11. The van der Waals surface area contributed by atoms with Crippen molar-refractivity contribution in [2.24, 2.45) is 5.92 Å². The van der Waals surface area contributed by atoms with Crippen LogP contribution in [0.25, 0.3) is 0 Å². The standard InChI is InChI=1S/C14H16FN3OS/c15-11-1-3-12(4-2-11)20-9-13-17-14(19-18-13)7-10-5-6-16-8-10/h1-4,10,16H,5-9H2. The van der Waals surface area contributed by atoms with Crippen molar-refractivity contribution in [3.63, 3.8) is 0 Å². The molecule has 2 heterocycles. The van der Waals surface area contributed by atoms with Gasteiger partial charge in [-0.3, -0.25) is 0 Å². The molecule has 6 heteroatoms. The van der Waals surface area contributed by atoms with Crippen LogP contribution in [0.5, 0.6) is 0 Å². The van der Waals surface area contributed by atoms with Crippen molar-refractivity contribution < 1.29 is 8.91 Å². The molecule has 2 aromatic rings. The van der Waals surface area contributed by atoms with Gasteiger partial charge in [-0.25, -0.2) is 4.39 Å². The number of nitrogens with one attached hydrogen (secondary N) is 1. The Morgan fingerprint density at radius 3 is 2.95 bits per heavy atom. The molecule has 0 aliphatic carbocycles. The number of thioether (sulfide) groups is 1. The summed E-state index contributed by atoms with van der Waals surface area (Å²) in [6.45, 7) is 2.11. The molecule has 20 heavy (non-hydrogen) atoms. The van der Waals surface area contributed by atoms with E-state index in [2.05, 4.69) is 15.5 Å². The van der Waals surface area contributed by atoms with Crippen molar-refractivity contribution in [3.05, 3.63) is 41.8 Å². The SMILES string of the molecule is Fc1ccc(SCc2noc(CC3CCNC3)n2)cc1. The summed E-state index contributed by atoms with van der Waals surface area (Å²) in [7, 11) is 0. The lowest BCUT2D eigenvalue weighted by Gasteiger charge is -2.01. The molecule has 1 saturated heterocycles. The molecule has 4 nitrogen and oxygen atoms in total. The second-order valence-electron chi connectivity index (χ2n) is 4.91. The molecule has 1 aliphatic heterocycles. The summed E-state index contributed by atoms with van der Waals surface area (Å²) in [5.41, 5.74) is 0. The van der Waals surface area contributed by atoms with Gasteiger partial charge in [0.2, 0.25) is 5.89 Å². The van der Waals surface area contributed by atoms with Gasteiger partial charge in [-0.1, -0.05) is 5.16 Å². The fraction of sp³-hybridized carbons (Fsp3) is 0.429. The van der Waals surface area contributed by atoms with Crippen molar-refractivity contribution >= 4 is 11.8 Å². The summed E-state index contributed by atoms with van der Waals surface area (Å²) in [4.78, 5) is 5.40. The number of halogens is 1. The maximum Gasteiger partial charge on any atom is 0.226 e. The molecule has 1 aliphatic rings. The van der Waals surface area contributed by atoms with Crippen LogP contribution in [-0.4, -0.2) is 23.2 Å². The first-order chi connectivity index (χ1) is 9.79. The van der Waals surface area contributed by atoms with Gasteiger partial charge in [-0.15, -0.1) is 11.8 Å². The lowest BCUT2D eigenvalue weighted by Crippen LogP contribution is -2.10. The quantitative estimate of drug-likeness (QED) is 0.859. The summed E-state index contributed by atoms with van der Waals surface area (Å²) < 4.78 is 18.1. The average molecular weight is 293 g/mol. The van der Waals surface area contributed by atoms with E-state index in [1.54, 1.807) is 23.9 Å². The highest BCUT2D eigenvalue weighted by Gasteiger charge is 2.18. The third kappa shape index (κ3) is 3.58. The Hall–Kier alpha value is -1.40. The predicted octanol–water partition coefficient (Wildman–Crippen LogP) is 2.65. The first-order valence-electron chi connectivity index (χ1n) is 6.70. The second-order valence-corrected chi connectivity index (χ2v) is 5.96. The fourth-order valence-electron chi connectivity index (χ4n) is 2.25. The van der Waals surface area contributed by atoms with Crippen LogP contribution in [-0.2, 0) is 12.2 Å². The van der Waals surface area contributed by atoms with Crippen LogP contribution in [0.4, 0.5) is 4.39 Å². The highest BCUT2D eigenvalue weighted by atomic mass is 32.2. The molecule has 0 radical (unpaired) electrons. The van der Waals surface area contributed by atoms with Gasteiger partial charge in [0.05, 0.1) is 5.75 Å². The van der Waals surface area contributed by atoms with E-state index in [1.165, 1.54) is 18.6 Å². The van der Waals surface area contributed by atoms with Gasteiger partial charge in [-0.05, 0) is 49.7 Å². The lowest BCUT2D eigenvalue weighted by atomic mass is 10.1. The molecule has 106 valence electrons. The molecule has 1 fully saturated rings. The van der Waals surface area contributed by atoms with Gasteiger partial charge in [0.1, 0.15) is 5.82 Å². The van der Waals surface area contributed by atoms with E-state index in [4.69, 9.17) is 4.52 Å². The zero-order chi connectivity index (χ0) is 13.8. The highest BCUT2D eigenvalue weighted by Crippen LogP contribution is 2.22. The molecule has 1 aromatic carbocycles. The van der Waals surface area contributed by atoms with Crippen LogP contribution < -0.4 is 5.32 Å². The van der Waals surface area contributed by atoms with Crippen LogP contribution in [0.2, 0.25) is 0 Å². The summed E-state index contributed by atoms with van der Waals surface area (Å²) in [5.74, 6) is 2.43. The molecule has 0 spiro atoms. The lowest BCUT2D eigenvalue weighted by molar-refractivity contribution is 0.354. The van der Waals surface area contributed by atoms with E-state index in [1.807, 2.05) is 0 Å². The Bertz CT molecular complexity index is 552. The molecule has 0 amide bonds. The van der Waals surface area contributed by atoms with Crippen LogP contribution in [0.1, 0.15) is 18.1 Å². The summed E-state index contributed by atoms with van der Waals surface area (Å²) in [6, 6.07) is 6.42. The number of rotatable bonds is 5. The van der Waals surface area contributed by atoms with Crippen LogP contribution in [0, 0.1) is 11.7 Å². The van der Waals surface area contributed by atoms with Gasteiger partial charge in [0.15, 0.2) is 5.82 Å². The van der Waals surface area contributed by atoms with Gasteiger partial charge < -0.3 is 9.84 Å². The number of hydrogen-bond acceptors (Lipinski definition) is 5. The van der Waals surface area contributed by atoms with Crippen molar-refractivity contribution in [2.75, 3.05) is 13.1 Å². The molecule has 1 N–H and O–H groups in total. The second kappa shape index (κ2) is 6.37. The number of nitrogens with zero attached hydrogens (tertiary/aromatic N) is 2. The van der Waals surface area contributed by atoms with Gasteiger partial charge >= 0.3 is 0 Å². The third-order valence-electron chi connectivity index (χ3n) is 3.32. The minimum absolute atomic E-state index is 0.221. The molecule has 1 atom stereocenters. The topological polar surface area (TPSA) is 51.0 Å². The Kier molecular flexibility index (Phi) is 4.32. The Balaban J connectivity index is 1.52. The fourth-order valence-corrected chi connectivity index (χ4v) is 2.99. The molecular weight excluding hydrogens is 277 g/mol. The molecule has 1 unspecified atom stereocenters. The Morgan fingerprint density at radius 2 is 2.20 bits per heavy atom. The maximum absolute atomic E-state index is 12.8. The maximum atomic E-state index is 12.8. The van der Waals surface area contributed by atoms with Crippen molar-refractivity contribution in [3.8, 4) is 0 Å². The smallest absolute Gasteiger partial charge is 0.226 e. The molecule has 3 rings (SSSR count). The van der Waals surface area contributed by atoms with E-state index >= 15 is 0 Å². The van der Waals surface area contributed by atoms with Crippen molar-refractivity contribution in [1.29, 1.82) is 0 Å². The molecule has 1 aromatic heterocycles. The number of aromatic nitrogens is 2. The molecule has 0 bridgehead atoms. The van der Waals surface area contributed by atoms with E-state index in [9.17, 15) is 4.39 Å².